The highest BCUT2D eigenvalue weighted by molar-refractivity contribution is 5.94. The lowest BCUT2D eigenvalue weighted by Gasteiger charge is -2.46. The normalized spacial score (nSPS) is 21.5. The number of fused-ring (bicyclic) bond motifs is 5. The first-order chi connectivity index (χ1) is 14.6. The van der Waals surface area contributed by atoms with Crippen molar-refractivity contribution in [3.8, 4) is 5.69 Å². The van der Waals surface area contributed by atoms with Gasteiger partial charge in [0.25, 0.3) is 5.91 Å². The number of piperidine rings is 1. The number of para-hydroxylation sites is 2. The minimum Gasteiger partial charge on any atom is -0.372 e. The summed E-state index contributed by atoms with van der Waals surface area (Å²) in [6, 6.07) is 12.7. The number of hydrogen-bond donors (Lipinski definition) is 1. The third-order valence-electron chi connectivity index (χ3n) is 7.17. The van der Waals surface area contributed by atoms with Gasteiger partial charge in [0.15, 0.2) is 5.69 Å². The van der Waals surface area contributed by atoms with Crippen molar-refractivity contribution >= 4 is 11.6 Å². The number of rotatable bonds is 1. The van der Waals surface area contributed by atoms with Gasteiger partial charge in [0.1, 0.15) is 5.76 Å². The van der Waals surface area contributed by atoms with E-state index in [9.17, 15) is 4.79 Å². The standard InChI is InChI=1S/C24H26N4O2/c1-16-8-9-20-17(15-16)22(26-30-20)23(29)27-13-10-24(11-14-27)21-7-4-12-28(21)19-6-3-2-5-18(19)25-24/h2-7,12,16,25H,8-11,13-15H2,1H3. The molecule has 1 N–H and O–H groups in total. The van der Waals surface area contributed by atoms with Crippen LogP contribution in [0.1, 0.15) is 53.7 Å². The molecule has 1 unspecified atom stereocenters. The quantitative estimate of drug-likeness (QED) is 0.664. The Hall–Kier alpha value is -3.02. The molecule has 0 bridgehead atoms. The summed E-state index contributed by atoms with van der Waals surface area (Å²) >= 11 is 0. The van der Waals surface area contributed by atoms with E-state index >= 15 is 0 Å². The average Bonchev–Trinajstić information content (AvgIpc) is 3.42. The van der Waals surface area contributed by atoms with Crippen LogP contribution in [0.3, 0.4) is 0 Å². The summed E-state index contributed by atoms with van der Waals surface area (Å²) < 4.78 is 7.81. The van der Waals surface area contributed by atoms with Crippen LogP contribution >= 0.6 is 0 Å². The molecule has 4 heterocycles. The number of carbonyl (C=O) groups is 1. The molecule has 1 spiro atoms. The zero-order valence-electron chi connectivity index (χ0n) is 17.2. The number of benzene rings is 1. The summed E-state index contributed by atoms with van der Waals surface area (Å²) in [5.74, 6) is 1.51. The molecule has 3 aliphatic rings. The van der Waals surface area contributed by atoms with E-state index in [1.165, 1.54) is 11.4 Å². The van der Waals surface area contributed by atoms with Crippen molar-refractivity contribution in [3.63, 3.8) is 0 Å². The molecule has 0 radical (unpaired) electrons. The highest BCUT2D eigenvalue weighted by atomic mass is 16.5. The first-order valence-electron chi connectivity index (χ1n) is 11.0. The van der Waals surface area contributed by atoms with Crippen LogP contribution in [0.25, 0.3) is 5.69 Å². The van der Waals surface area contributed by atoms with Gasteiger partial charge in [0.05, 0.1) is 16.9 Å². The van der Waals surface area contributed by atoms with E-state index in [-0.39, 0.29) is 11.4 Å². The summed E-state index contributed by atoms with van der Waals surface area (Å²) in [6.07, 6.45) is 6.76. The van der Waals surface area contributed by atoms with E-state index in [0.717, 1.165) is 49.1 Å². The minimum atomic E-state index is -0.146. The summed E-state index contributed by atoms with van der Waals surface area (Å²) in [5.41, 5.74) is 5.05. The summed E-state index contributed by atoms with van der Waals surface area (Å²) in [6.45, 7) is 3.64. The van der Waals surface area contributed by atoms with E-state index in [0.29, 0.717) is 24.7 Å². The SMILES string of the molecule is CC1CCc2onc(C(=O)N3CCC4(CC3)Nc3ccccc3-n3cccc34)c2C1. The molecule has 6 rings (SSSR count). The Morgan fingerprint density at radius 1 is 1.20 bits per heavy atom. The molecule has 2 aliphatic heterocycles. The fourth-order valence-electron chi connectivity index (χ4n) is 5.46. The molecule has 3 aromatic rings. The molecule has 2 aromatic heterocycles. The average molecular weight is 402 g/mol. The van der Waals surface area contributed by atoms with Crippen LogP contribution in [-0.4, -0.2) is 33.6 Å². The van der Waals surface area contributed by atoms with Gasteiger partial charge in [-0.3, -0.25) is 4.79 Å². The molecule has 1 amide bonds. The first-order valence-corrected chi connectivity index (χ1v) is 11.0. The molecule has 30 heavy (non-hydrogen) atoms. The Bertz CT molecular complexity index is 1120. The zero-order chi connectivity index (χ0) is 20.3. The number of aryl methyl sites for hydroxylation is 1. The summed E-state index contributed by atoms with van der Waals surface area (Å²) in [7, 11) is 0. The van der Waals surface area contributed by atoms with Gasteiger partial charge in [0.2, 0.25) is 0 Å². The molecule has 1 aromatic carbocycles. The van der Waals surface area contributed by atoms with Gasteiger partial charge < -0.3 is 19.3 Å². The Kier molecular flexibility index (Phi) is 3.85. The van der Waals surface area contributed by atoms with Crippen LogP contribution in [0.5, 0.6) is 0 Å². The zero-order valence-corrected chi connectivity index (χ0v) is 17.2. The topological polar surface area (TPSA) is 63.3 Å². The minimum absolute atomic E-state index is 0.0237. The van der Waals surface area contributed by atoms with Crippen LogP contribution in [0.15, 0.2) is 47.1 Å². The number of amides is 1. The second-order valence-electron chi connectivity index (χ2n) is 9.06. The van der Waals surface area contributed by atoms with Gasteiger partial charge in [-0.25, -0.2) is 0 Å². The number of hydrogen-bond acceptors (Lipinski definition) is 4. The number of carbonyl (C=O) groups excluding carboxylic acids is 1. The van der Waals surface area contributed by atoms with E-state index in [1.54, 1.807) is 0 Å². The van der Waals surface area contributed by atoms with Crippen molar-refractivity contribution in [2.24, 2.45) is 5.92 Å². The molecule has 1 fully saturated rings. The van der Waals surface area contributed by atoms with Gasteiger partial charge in [-0.2, -0.15) is 0 Å². The lowest BCUT2D eigenvalue weighted by molar-refractivity contribution is 0.0665. The fraction of sp³-hybridized carbons (Fsp3) is 0.417. The van der Waals surface area contributed by atoms with E-state index < -0.39 is 0 Å². The van der Waals surface area contributed by atoms with Crippen LogP contribution in [0, 0.1) is 5.92 Å². The molecule has 154 valence electrons. The van der Waals surface area contributed by atoms with Gasteiger partial charge >= 0.3 is 0 Å². The highest BCUT2D eigenvalue weighted by Gasteiger charge is 2.43. The Morgan fingerprint density at radius 3 is 2.90 bits per heavy atom. The third kappa shape index (κ3) is 2.56. The fourth-order valence-corrected chi connectivity index (χ4v) is 5.46. The van der Waals surface area contributed by atoms with Crippen LogP contribution in [-0.2, 0) is 18.4 Å². The van der Waals surface area contributed by atoms with Crippen molar-refractivity contribution in [1.82, 2.24) is 14.6 Å². The first kappa shape index (κ1) is 17.8. The van der Waals surface area contributed by atoms with Gasteiger partial charge in [-0.15, -0.1) is 0 Å². The maximum Gasteiger partial charge on any atom is 0.276 e. The van der Waals surface area contributed by atoms with Crippen molar-refractivity contribution in [2.75, 3.05) is 18.4 Å². The lowest BCUT2D eigenvalue weighted by atomic mass is 9.82. The van der Waals surface area contributed by atoms with Crippen molar-refractivity contribution in [3.05, 3.63) is 65.3 Å². The van der Waals surface area contributed by atoms with Crippen molar-refractivity contribution in [2.45, 2.75) is 44.6 Å². The number of nitrogens with zero attached hydrogens (tertiary/aromatic N) is 3. The monoisotopic (exact) mass is 402 g/mol. The summed E-state index contributed by atoms with van der Waals surface area (Å²) in [5, 5.41) is 7.99. The molecular formula is C24H26N4O2. The molecule has 6 heteroatoms. The van der Waals surface area contributed by atoms with Gasteiger partial charge in [0, 0.05) is 37.0 Å². The molecule has 1 atom stereocenters. The van der Waals surface area contributed by atoms with Crippen LogP contribution in [0.4, 0.5) is 5.69 Å². The third-order valence-corrected chi connectivity index (χ3v) is 7.17. The van der Waals surface area contributed by atoms with Gasteiger partial charge in [-0.05, 0) is 55.9 Å². The number of anilines is 1. The van der Waals surface area contributed by atoms with E-state index in [1.807, 2.05) is 4.90 Å². The number of likely N-dealkylation sites (tertiary alicyclic amines) is 1. The highest BCUT2D eigenvalue weighted by Crippen LogP contribution is 2.43. The molecule has 6 nitrogen and oxygen atoms in total. The largest absolute Gasteiger partial charge is 0.372 e. The predicted octanol–water partition coefficient (Wildman–Crippen LogP) is 4.15. The maximum atomic E-state index is 13.3. The Morgan fingerprint density at radius 2 is 2.03 bits per heavy atom. The Labute approximate surface area is 175 Å². The Balaban J connectivity index is 1.25. The molecule has 1 aliphatic carbocycles. The van der Waals surface area contributed by atoms with Gasteiger partial charge in [-0.1, -0.05) is 24.2 Å². The second-order valence-corrected chi connectivity index (χ2v) is 9.06. The molecule has 1 saturated heterocycles. The van der Waals surface area contributed by atoms with E-state index in [2.05, 4.69) is 64.6 Å². The molecule has 0 saturated carbocycles. The van der Waals surface area contributed by atoms with Crippen molar-refractivity contribution in [1.29, 1.82) is 0 Å². The smallest absolute Gasteiger partial charge is 0.276 e. The number of aromatic nitrogens is 2. The second kappa shape index (κ2) is 6.49. The van der Waals surface area contributed by atoms with Crippen LogP contribution in [0.2, 0.25) is 0 Å². The molecular weight excluding hydrogens is 376 g/mol. The predicted molar refractivity (Wildman–Crippen MR) is 114 cm³/mol. The summed E-state index contributed by atoms with van der Waals surface area (Å²) in [4.78, 5) is 15.2. The van der Waals surface area contributed by atoms with E-state index in [4.69, 9.17) is 4.52 Å². The number of nitrogens with one attached hydrogen (secondary N) is 1. The lowest BCUT2D eigenvalue weighted by Crippen LogP contribution is -2.51. The maximum absolute atomic E-state index is 13.3. The van der Waals surface area contributed by atoms with Crippen LogP contribution < -0.4 is 5.32 Å². The van der Waals surface area contributed by atoms with Crippen molar-refractivity contribution < 1.29 is 9.32 Å².